The van der Waals surface area contributed by atoms with Crippen LogP contribution in [-0.4, -0.2) is 43.3 Å². The fourth-order valence-electron chi connectivity index (χ4n) is 2.62. The van der Waals surface area contributed by atoms with Crippen LogP contribution in [0.4, 0.5) is 4.79 Å². The number of carbonyl (C=O) groups is 1. The smallest absolute Gasteiger partial charge is 0.317 e. The van der Waals surface area contributed by atoms with Crippen molar-refractivity contribution in [2.75, 3.05) is 20.3 Å². The Morgan fingerprint density at radius 1 is 1.41 bits per heavy atom. The van der Waals surface area contributed by atoms with Crippen LogP contribution in [-0.2, 0) is 11.2 Å². The second-order valence-electron chi connectivity index (χ2n) is 5.74. The van der Waals surface area contributed by atoms with Crippen molar-refractivity contribution in [2.24, 2.45) is 0 Å². The molecule has 22 heavy (non-hydrogen) atoms. The Balaban J connectivity index is 1.87. The zero-order valence-electron chi connectivity index (χ0n) is 12.9. The number of carbonyl (C=O) groups excluding carboxylic acids is 1. The van der Waals surface area contributed by atoms with Crippen LogP contribution in [0.25, 0.3) is 0 Å². The first-order valence-electron chi connectivity index (χ1n) is 7.52. The number of nitrogens with one attached hydrogen (secondary N) is 1. The molecule has 0 spiro atoms. The topological polar surface area (TPSA) is 41.6 Å². The third kappa shape index (κ3) is 4.77. The molecular formula is C16H22Cl2N2O2. The second-order valence-corrected chi connectivity index (χ2v) is 6.59. The Hall–Kier alpha value is -0.970. The molecule has 1 aliphatic rings. The fraction of sp³-hybridized carbons (Fsp3) is 0.562. The van der Waals surface area contributed by atoms with Gasteiger partial charge in [0, 0.05) is 42.4 Å². The maximum atomic E-state index is 12.3. The van der Waals surface area contributed by atoms with Crippen molar-refractivity contribution in [2.45, 2.75) is 38.3 Å². The Morgan fingerprint density at radius 2 is 2.09 bits per heavy atom. The number of halogens is 2. The Morgan fingerprint density at radius 3 is 2.73 bits per heavy atom. The van der Waals surface area contributed by atoms with Gasteiger partial charge in [0.1, 0.15) is 0 Å². The van der Waals surface area contributed by atoms with Gasteiger partial charge in [-0.3, -0.25) is 0 Å². The van der Waals surface area contributed by atoms with Crippen LogP contribution in [0.15, 0.2) is 18.2 Å². The molecule has 0 unspecified atom stereocenters. The van der Waals surface area contributed by atoms with Crippen LogP contribution in [0, 0.1) is 0 Å². The van der Waals surface area contributed by atoms with Gasteiger partial charge in [-0.25, -0.2) is 4.79 Å². The summed E-state index contributed by atoms with van der Waals surface area (Å²) in [5.41, 5.74) is 0.979. The molecule has 0 aliphatic carbocycles. The van der Waals surface area contributed by atoms with Gasteiger partial charge in [0.15, 0.2) is 0 Å². The van der Waals surface area contributed by atoms with E-state index in [0.29, 0.717) is 16.5 Å². The summed E-state index contributed by atoms with van der Waals surface area (Å²) < 4.78 is 5.33. The van der Waals surface area contributed by atoms with Gasteiger partial charge in [0.25, 0.3) is 0 Å². The molecule has 1 aromatic rings. The predicted molar refractivity (Wildman–Crippen MR) is 89.8 cm³/mol. The minimum absolute atomic E-state index is 0.00605. The van der Waals surface area contributed by atoms with Gasteiger partial charge >= 0.3 is 6.03 Å². The first-order valence-corrected chi connectivity index (χ1v) is 8.28. The van der Waals surface area contributed by atoms with E-state index in [1.807, 2.05) is 26.1 Å². The standard InChI is InChI=1S/C16H22Cl2N2O2/c1-11(9-12-3-4-13(17)10-15(12)18)19-16(21)20(2)14-5-7-22-8-6-14/h3-4,10-11,14H,5-9H2,1-2H3,(H,19,21)/t11-/m0/s1. The summed E-state index contributed by atoms with van der Waals surface area (Å²) in [4.78, 5) is 14.1. The van der Waals surface area contributed by atoms with E-state index in [1.54, 1.807) is 11.0 Å². The van der Waals surface area contributed by atoms with Crippen LogP contribution < -0.4 is 5.32 Å². The average Bonchev–Trinajstić information content (AvgIpc) is 2.50. The first kappa shape index (κ1) is 17.4. The molecule has 0 aromatic heterocycles. The lowest BCUT2D eigenvalue weighted by Crippen LogP contribution is -2.48. The summed E-state index contributed by atoms with van der Waals surface area (Å²) in [6.07, 6.45) is 2.45. The van der Waals surface area contributed by atoms with E-state index >= 15 is 0 Å². The minimum atomic E-state index is -0.0514. The summed E-state index contributed by atoms with van der Waals surface area (Å²) in [6.45, 7) is 3.41. The molecule has 1 N–H and O–H groups in total. The van der Waals surface area contributed by atoms with Gasteiger partial charge in [-0.1, -0.05) is 29.3 Å². The van der Waals surface area contributed by atoms with Gasteiger partial charge in [-0.15, -0.1) is 0 Å². The first-order chi connectivity index (χ1) is 10.5. The van der Waals surface area contributed by atoms with Gasteiger partial charge in [0.2, 0.25) is 0 Å². The van der Waals surface area contributed by atoms with Gasteiger partial charge < -0.3 is 15.0 Å². The molecule has 0 saturated carbocycles. The van der Waals surface area contributed by atoms with Crippen molar-refractivity contribution >= 4 is 29.2 Å². The summed E-state index contributed by atoms with van der Waals surface area (Å²) in [7, 11) is 1.84. The van der Waals surface area contributed by atoms with Gasteiger partial charge in [-0.2, -0.15) is 0 Å². The summed E-state index contributed by atoms with van der Waals surface area (Å²) >= 11 is 12.1. The van der Waals surface area contributed by atoms with E-state index < -0.39 is 0 Å². The molecule has 0 radical (unpaired) electrons. The van der Waals surface area contributed by atoms with Crippen molar-refractivity contribution < 1.29 is 9.53 Å². The average molecular weight is 345 g/mol. The molecular weight excluding hydrogens is 323 g/mol. The summed E-state index contributed by atoms with van der Waals surface area (Å²) in [5.74, 6) is 0. The van der Waals surface area contributed by atoms with E-state index in [9.17, 15) is 4.79 Å². The van der Waals surface area contributed by atoms with E-state index in [-0.39, 0.29) is 18.1 Å². The Labute approximate surface area is 141 Å². The van der Waals surface area contributed by atoms with Crippen LogP contribution >= 0.6 is 23.2 Å². The Bertz CT molecular complexity index is 519. The van der Waals surface area contributed by atoms with Crippen molar-refractivity contribution in [3.05, 3.63) is 33.8 Å². The van der Waals surface area contributed by atoms with E-state index in [0.717, 1.165) is 31.6 Å². The van der Waals surface area contributed by atoms with Crippen LogP contribution in [0.2, 0.25) is 10.0 Å². The number of hydrogen-bond donors (Lipinski definition) is 1. The Kier molecular flexibility index (Phi) is 6.36. The largest absolute Gasteiger partial charge is 0.381 e. The number of amides is 2. The van der Waals surface area contributed by atoms with Crippen molar-refractivity contribution in [3.63, 3.8) is 0 Å². The van der Waals surface area contributed by atoms with E-state index in [4.69, 9.17) is 27.9 Å². The molecule has 1 aromatic carbocycles. The monoisotopic (exact) mass is 344 g/mol. The molecule has 1 aliphatic heterocycles. The normalized spacial score (nSPS) is 17.1. The third-order valence-electron chi connectivity index (χ3n) is 3.97. The molecule has 1 saturated heterocycles. The summed E-state index contributed by atoms with van der Waals surface area (Å²) in [6, 6.07) is 5.63. The van der Waals surface area contributed by atoms with Crippen LogP contribution in [0.3, 0.4) is 0 Å². The fourth-order valence-corrected chi connectivity index (χ4v) is 3.10. The number of ether oxygens (including phenoxy) is 1. The molecule has 1 atom stereocenters. The van der Waals surface area contributed by atoms with Crippen molar-refractivity contribution in [1.29, 1.82) is 0 Å². The third-order valence-corrected chi connectivity index (χ3v) is 4.56. The molecule has 122 valence electrons. The highest BCUT2D eigenvalue weighted by Crippen LogP contribution is 2.22. The highest BCUT2D eigenvalue weighted by molar-refractivity contribution is 6.35. The highest BCUT2D eigenvalue weighted by atomic mass is 35.5. The van der Waals surface area contributed by atoms with Crippen molar-refractivity contribution in [1.82, 2.24) is 10.2 Å². The minimum Gasteiger partial charge on any atom is -0.381 e. The lowest BCUT2D eigenvalue weighted by molar-refractivity contribution is 0.0523. The number of rotatable bonds is 4. The van der Waals surface area contributed by atoms with Gasteiger partial charge in [-0.05, 0) is 43.9 Å². The molecule has 0 bridgehead atoms. The SMILES string of the molecule is C[C@@H](Cc1ccc(Cl)cc1Cl)NC(=O)N(C)C1CCOCC1. The number of urea groups is 1. The maximum Gasteiger partial charge on any atom is 0.317 e. The number of nitrogens with zero attached hydrogens (tertiary/aromatic N) is 1. The predicted octanol–water partition coefficient (Wildman–Crippen LogP) is 3.74. The molecule has 1 heterocycles. The van der Waals surface area contributed by atoms with Gasteiger partial charge in [0.05, 0.1) is 0 Å². The van der Waals surface area contributed by atoms with Crippen LogP contribution in [0.1, 0.15) is 25.3 Å². The van der Waals surface area contributed by atoms with E-state index in [1.165, 1.54) is 0 Å². The maximum absolute atomic E-state index is 12.3. The summed E-state index contributed by atoms with van der Waals surface area (Å²) in [5, 5.41) is 4.27. The molecule has 2 rings (SSSR count). The molecule has 2 amide bonds. The van der Waals surface area contributed by atoms with Crippen molar-refractivity contribution in [3.8, 4) is 0 Å². The second kappa shape index (κ2) is 8.04. The lowest BCUT2D eigenvalue weighted by atomic mass is 10.1. The molecule has 6 heteroatoms. The number of hydrogen-bond acceptors (Lipinski definition) is 2. The van der Waals surface area contributed by atoms with Crippen LogP contribution in [0.5, 0.6) is 0 Å². The van der Waals surface area contributed by atoms with E-state index in [2.05, 4.69) is 5.32 Å². The zero-order valence-corrected chi connectivity index (χ0v) is 14.5. The number of benzene rings is 1. The lowest BCUT2D eigenvalue weighted by Gasteiger charge is -2.32. The quantitative estimate of drug-likeness (QED) is 0.903. The molecule has 4 nitrogen and oxygen atoms in total. The zero-order chi connectivity index (χ0) is 16.1. The highest BCUT2D eigenvalue weighted by Gasteiger charge is 2.23. The molecule has 1 fully saturated rings.